The standard InChI is InChI=1S/C29H29Cl2F4N5O3/c1-2-22-28(14-21(37-22)26(41)42)7-9-40(10-8-28)23-13-24(39-27(36)38-23)43-25(29(33,34)35)17-5-4-16(30)12-18(17)15-3-6-20(32)19(31)11-15/h3-6,11-13,21-22,25,37H,2,7-10,14H2,1H3,(H,41,42)(H2,36,38,39)/t21?,22?,25-/m1/s1. The molecular formula is C29H29Cl2F4N5O3. The van der Waals surface area contributed by atoms with Gasteiger partial charge in [-0.05, 0) is 66.5 Å². The fraction of sp³-hybridized carbons (Fsp3) is 0.414. The van der Waals surface area contributed by atoms with E-state index in [2.05, 4.69) is 15.3 Å². The minimum absolute atomic E-state index is 0.0437. The van der Waals surface area contributed by atoms with Crippen LogP contribution in [-0.4, -0.2) is 52.4 Å². The van der Waals surface area contributed by atoms with Gasteiger partial charge in [-0.25, -0.2) is 4.39 Å². The van der Waals surface area contributed by atoms with Crippen LogP contribution in [0.2, 0.25) is 10.0 Å². The van der Waals surface area contributed by atoms with Crippen molar-refractivity contribution in [2.24, 2.45) is 5.41 Å². The van der Waals surface area contributed by atoms with Crippen molar-refractivity contribution >= 4 is 40.9 Å². The molecule has 0 saturated carbocycles. The van der Waals surface area contributed by atoms with Gasteiger partial charge in [0.2, 0.25) is 17.9 Å². The number of hydrogen-bond acceptors (Lipinski definition) is 7. The van der Waals surface area contributed by atoms with Gasteiger partial charge in [0.15, 0.2) is 0 Å². The minimum Gasteiger partial charge on any atom is -0.480 e. The monoisotopic (exact) mass is 641 g/mol. The SMILES string of the molecule is CCC1NC(C(=O)O)CC12CCN(c1cc(O[C@H](c3ccc(Cl)cc3-c3ccc(F)c(Cl)c3)C(F)(F)F)nc(N)n1)CC2. The van der Waals surface area contributed by atoms with Crippen LogP contribution >= 0.6 is 23.2 Å². The molecule has 8 nitrogen and oxygen atoms in total. The lowest BCUT2D eigenvalue weighted by Gasteiger charge is -2.43. The molecule has 2 unspecified atom stereocenters. The Balaban J connectivity index is 1.42. The molecule has 3 atom stereocenters. The van der Waals surface area contributed by atoms with Crippen LogP contribution in [0, 0.1) is 11.2 Å². The Morgan fingerprint density at radius 1 is 1.19 bits per heavy atom. The van der Waals surface area contributed by atoms with Crippen LogP contribution in [0.4, 0.5) is 29.3 Å². The molecule has 1 spiro atoms. The van der Waals surface area contributed by atoms with Gasteiger partial charge in [-0.2, -0.15) is 23.1 Å². The Morgan fingerprint density at radius 3 is 2.53 bits per heavy atom. The number of nitrogens with one attached hydrogen (secondary N) is 1. The number of benzene rings is 2. The zero-order valence-corrected chi connectivity index (χ0v) is 24.5. The van der Waals surface area contributed by atoms with Crippen LogP contribution in [0.15, 0.2) is 42.5 Å². The number of anilines is 2. The number of aliphatic carboxylic acids is 1. The van der Waals surface area contributed by atoms with E-state index >= 15 is 0 Å². The second kappa shape index (κ2) is 12.0. The van der Waals surface area contributed by atoms with Crippen molar-refractivity contribution < 1.29 is 32.2 Å². The molecule has 3 aromatic rings. The van der Waals surface area contributed by atoms with E-state index in [1.54, 1.807) is 0 Å². The summed E-state index contributed by atoms with van der Waals surface area (Å²) in [4.78, 5) is 21.7. The van der Waals surface area contributed by atoms with E-state index in [0.717, 1.165) is 12.5 Å². The lowest BCUT2D eigenvalue weighted by atomic mass is 9.71. The molecule has 0 bridgehead atoms. The number of nitrogen functional groups attached to an aromatic ring is 1. The summed E-state index contributed by atoms with van der Waals surface area (Å²) in [6.07, 6.45) is -4.76. The van der Waals surface area contributed by atoms with Gasteiger partial charge in [0.1, 0.15) is 17.7 Å². The van der Waals surface area contributed by atoms with Crippen molar-refractivity contribution in [2.75, 3.05) is 23.7 Å². The van der Waals surface area contributed by atoms with Gasteiger partial charge in [0.25, 0.3) is 0 Å². The van der Waals surface area contributed by atoms with E-state index in [1.807, 2.05) is 11.8 Å². The molecule has 0 amide bonds. The number of nitrogens with zero attached hydrogens (tertiary/aromatic N) is 3. The largest absolute Gasteiger partial charge is 0.480 e. The third-order valence-corrected chi connectivity index (χ3v) is 8.84. The van der Waals surface area contributed by atoms with Gasteiger partial charge < -0.3 is 25.8 Å². The van der Waals surface area contributed by atoms with E-state index in [9.17, 15) is 27.5 Å². The third kappa shape index (κ3) is 6.46. The van der Waals surface area contributed by atoms with E-state index in [-0.39, 0.29) is 50.0 Å². The number of carboxylic acid groups (broad SMARTS) is 1. The van der Waals surface area contributed by atoms with Crippen LogP contribution in [-0.2, 0) is 4.79 Å². The van der Waals surface area contributed by atoms with Crippen molar-refractivity contribution in [3.63, 3.8) is 0 Å². The third-order valence-electron chi connectivity index (χ3n) is 8.31. The smallest absolute Gasteiger partial charge is 0.429 e. The maximum atomic E-state index is 14.5. The molecule has 0 aliphatic carbocycles. The summed E-state index contributed by atoms with van der Waals surface area (Å²) in [6.45, 7) is 3.00. The molecule has 14 heteroatoms. The second-order valence-corrected chi connectivity index (χ2v) is 11.7. The average Bonchev–Trinajstić information content (AvgIpc) is 3.31. The summed E-state index contributed by atoms with van der Waals surface area (Å²) in [5.74, 6) is -1.96. The second-order valence-electron chi connectivity index (χ2n) is 10.9. The first-order valence-corrected chi connectivity index (χ1v) is 14.4. The molecule has 43 heavy (non-hydrogen) atoms. The van der Waals surface area contributed by atoms with E-state index in [1.165, 1.54) is 36.4 Å². The first-order chi connectivity index (χ1) is 20.3. The Kier molecular flexibility index (Phi) is 8.65. The Bertz CT molecular complexity index is 1520. The molecular weight excluding hydrogens is 613 g/mol. The Morgan fingerprint density at radius 2 is 1.91 bits per heavy atom. The predicted molar refractivity (Wildman–Crippen MR) is 155 cm³/mol. The fourth-order valence-corrected chi connectivity index (χ4v) is 6.57. The predicted octanol–water partition coefficient (Wildman–Crippen LogP) is 6.67. The Labute approximate surface area is 255 Å². The highest BCUT2D eigenvalue weighted by molar-refractivity contribution is 6.31. The van der Waals surface area contributed by atoms with E-state index in [0.29, 0.717) is 38.2 Å². The van der Waals surface area contributed by atoms with Gasteiger partial charge in [0.05, 0.1) is 5.02 Å². The van der Waals surface area contributed by atoms with Gasteiger partial charge >= 0.3 is 12.1 Å². The maximum Gasteiger partial charge on any atom is 0.429 e. The highest BCUT2D eigenvalue weighted by Gasteiger charge is 2.50. The zero-order chi connectivity index (χ0) is 31.1. The zero-order valence-electron chi connectivity index (χ0n) is 23.0. The van der Waals surface area contributed by atoms with Crippen molar-refractivity contribution in [3.8, 4) is 17.0 Å². The number of carboxylic acids is 1. The number of ether oxygens (including phenoxy) is 1. The number of halogens is 6. The van der Waals surface area contributed by atoms with Gasteiger partial charge in [0, 0.05) is 35.8 Å². The molecule has 2 fully saturated rings. The summed E-state index contributed by atoms with van der Waals surface area (Å²) in [5.41, 5.74) is 5.69. The normalized spacial score (nSPS) is 20.8. The van der Waals surface area contributed by atoms with Crippen LogP contribution in [0.5, 0.6) is 5.88 Å². The van der Waals surface area contributed by atoms with Crippen LogP contribution in [0.25, 0.3) is 11.1 Å². The van der Waals surface area contributed by atoms with Crippen LogP contribution < -0.4 is 20.7 Å². The topological polar surface area (TPSA) is 114 Å². The lowest BCUT2D eigenvalue weighted by Crippen LogP contribution is -2.46. The molecule has 2 saturated heterocycles. The number of alkyl halides is 3. The van der Waals surface area contributed by atoms with Crippen LogP contribution in [0.1, 0.15) is 44.3 Å². The molecule has 2 aromatic carbocycles. The molecule has 2 aliphatic rings. The highest BCUT2D eigenvalue weighted by atomic mass is 35.5. The first kappa shape index (κ1) is 31.1. The fourth-order valence-electron chi connectivity index (χ4n) is 6.22. The quantitative estimate of drug-likeness (QED) is 0.245. The highest BCUT2D eigenvalue weighted by Crippen LogP contribution is 2.46. The van der Waals surface area contributed by atoms with E-state index in [4.69, 9.17) is 33.7 Å². The summed E-state index contributed by atoms with van der Waals surface area (Å²) in [5, 5.41) is 12.7. The van der Waals surface area contributed by atoms with Crippen molar-refractivity contribution in [2.45, 2.75) is 57.0 Å². The van der Waals surface area contributed by atoms with E-state index < -0.39 is 30.1 Å². The number of piperidine rings is 1. The Hall–Kier alpha value is -3.35. The van der Waals surface area contributed by atoms with Gasteiger partial charge in [-0.15, -0.1) is 0 Å². The lowest BCUT2D eigenvalue weighted by molar-refractivity contribution is -0.198. The summed E-state index contributed by atoms with van der Waals surface area (Å²) >= 11 is 12.0. The van der Waals surface area contributed by atoms with Crippen molar-refractivity contribution in [3.05, 3.63) is 63.9 Å². The first-order valence-electron chi connectivity index (χ1n) is 13.7. The molecule has 4 N–H and O–H groups in total. The molecule has 5 rings (SSSR count). The maximum absolute atomic E-state index is 14.5. The number of hydrogen-bond donors (Lipinski definition) is 3. The van der Waals surface area contributed by atoms with Gasteiger partial charge in [-0.3, -0.25) is 4.79 Å². The molecule has 0 radical (unpaired) electrons. The number of carbonyl (C=O) groups is 1. The summed E-state index contributed by atoms with van der Waals surface area (Å²) < 4.78 is 62.9. The van der Waals surface area contributed by atoms with Gasteiger partial charge in [-0.1, -0.05) is 42.3 Å². The summed E-state index contributed by atoms with van der Waals surface area (Å²) in [7, 11) is 0. The summed E-state index contributed by atoms with van der Waals surface area (Å²) in [6, 6.07) is 8.11. The molecule has 230 valence electrons. The van der Waals surface area contributed by atoms with Crippen molar-refractivity contribution in [1.29, 1.82) is 0 Å². The van der Waals surface area contributed by atoms with Crippen molar-refractivity contribution in [1.82, 2.24) is 15.3 Å². The minimum atomic E-state index is -4.89. The van der Waals surface area contributed by atoms with Crippen LogP contribution in [0.3, 0.4) is 0 Å². The molecule has 3 heterocycles. The molecule has 2 aliphatic heterocycles. The number of aromatic nitrogens is 2. The number of nitrogens with two attached hydrogens (primary N) is 1. The molecule has 1 aromatic heterocycles. The average molecular weight is 642 g/mol. The number of rotatable bonds is 7.